The highest BCUT2D eigenvalue weighted by molar-refractivity contribution is 4.81. The molecular formula is C11H23NO. The van der Waals surface area contributed by atoms with Crippen molar-refractivity contribution < 1.29 is 5.11 Å². The molecule has 1 aliphatic rings. The second-order valence-corrected chi connectivity index (χ2v) is 4.31. The molecule has 0 heterocycles. The van der Waals surface area contributed by atoms with Crippen molar-refractivity contribution in [3.8, 4) is 0 Å². The van der Waals surface area contributed by atoms with Gasteiger partial charge in [-0.2, -0.15) is 0 Å². The fraction of sp³-hybridized carbons (Fsp3) is 1.00. The average Bonchev–Trinajstić information content (AvgIpc) is 2.18. The van der Waals surface area contributed by atoms with Gasteiger partial charge in [0.1, 0.15) is 0 Å². The Balaban J connectivity index is 2.35. The molecule has 0 radical (unpaired) electrons. The summed E-state index contributed by atoms with van der Waals surface area (Å²) in [5, 5.41) is 12.5. The lowest BCUT2D eigenvalue weighted by Crippen LogP contribution is -2.44. The monoisotopic (exact) mass is 185 g/mol. The molecule has 1 saturated carbocycles. The quantitative estimate of drug-likeness (QED) is 0.701. The fourth-order valence-electron chi connectivity index (χ4n) is 2.33. The van der Waals surface area contributed by atoms with Crippen LogP contribution in [0.1, 0.15) is 46.0 Å². The highest BCUT2D eigenvalue weighted by Crippen LogP contribution is 2.26. The van der Waals surface area contributed by atoms with Gasteiger partial charge in [-0.15, -0.1) is 0 Å². The van der Waals surface area contributed by atoms with Gasteiger partial charge in [0.05, 0.1) is 6.61 Å². The summed E-state index contributed by atoms with van der Waals surface area (Å²) < 4.78 is 0. The first-order chi connectivity index (χ1) is 6.27. The van der Waals surface area contributed by atoms with Gasteiger partial charge in [0.15, 0.2) is 0 Å². The molecule has 0 aromatic rings. The molecule has 0 aromatic carbocycles. The Morgan fingerprint density at radius 2 is 2.08 bits per heavy atom. The first kappa shape index (κ1) is 11.0. The standard InChI is InChI=1S/C11H23NO/c1-3-10-6-4-5-7-11(10)12-9(2)8-13/h9-13H,3-8H2,1-2H3/t9-,10-,11+/m1/s1. The third-order valence-electron chi connectivity index (χ3n) is 3.21. The molecule has 2 N–H and O–H groups in total. The molecule has 0 aliphatic heterocycles. The van der Waals surface area contributed by atoms with Gasteiger partial charge in [0.2, 0.25) is 0 Å². The Morgan fingerprint density at radius 1 is 1.38 bits per heavy atom. The van der Waals surface area contributed by atoms with E-state index in [-0.39, 0.29) is 12.6 Å². The van der Waals surface area contributed by atoms with Gasteiger partial charge in [0.25, 0.3) is 0 Å². The molecule has 13 heavy (non-hydrogen) atoms. The van der Waals surface area contributed by atoms with Gasteiger partial charge in [-0.05, 0) is 25.7 Å². The Hall–Kier alpha value is -0.0800. The van der Waals surface area contributed by atoms with Crippen LogP contribution in [0.2, 0.25) is 0 Å². The number of hydrogen-bond acceptors (Lipinski definition) is 2. The highest BCUT2D eigenvalue weighted by Gasteiger charge is 2.24. The van der Waals surface area contributed by atoms with Crippen LogP contribution < -0.4 is 5.32 Å². The van der Waals surface area contributed by atoms with E-state index in [1.54, 1.807) is 0 Å². The van der Waals surface area contributed by atoms with Gasteiger partial charge in [0, 0.05) is 12.1 Å². The maximum atomic E-state index is 8.96. The molecular weight excluding hydrogens is 162 g/mol. The Morgan fingerprint density at radius 3 is 2.69 bits per heavy atom. The molecule has 78 valence electrons. The van der Waals surface area contributed by atoms with Gasteiger partial charge >= 0.3 is 0 Å². The fourth-order valence-corrected chi connectivity index (χ4v) is 2.33. The van der Waals surface area contributed by atoms with E-state index in [9.17, 15) is 0 Å². The zero-order valence-corrected chi connectivity index (χ0v) is 8.92. The maximum Gasteiger partial charge on any atom is 0.0582 e. The third-order valence-corrected chi connectivity index (χ3v) is 3.21. The minimum absolute atomic E-state index is 0.257. The molecule has 0 amide bonds. The predicted octanol–water partition coefficient (Wildman–Crippen LogP) is 1.93. The minimum atomic E-state index is 0.257. The molecule has 1 fully saturated rings. The lowest BCUT2D eigenvalue weighted by atomic mass is 9.82. The average molecular weight is 185 g/mol. The molecule has 0 unspecified atom stereocenters. The van der Waals surface area contributed by atoms with Crippen molar-refractivity contribution in [3.05, 3.63) is 0 Å². The third kappa shape index (κ3) is 3.28. The van der Waals surface area contributed by atoms with E-state index in [0.717, 1.165) is 5.92 Å². The summed E-state index contributed by atoms with van der Waals surface area (Å²) in [5.41, 5.74) is 0. The largest absolute Gasteiger partial charge is 0.395 e. The van der Waals surface area contributed by atoms with Crippen molar-refractivity contribution in [1.29, 1.82) is 0 Å². The maximum absolute atomic E-state index is 8.96. The van der Waals surface area contributed by atoms with Crippen LogP contribution in [0.25, 0.3) is 0 Å². The Bertz CT molecular complexity index is 138. The van der Waals surface area contributed by atoms with Crippen LogP contribution >= 0.6 is 0 Å². The molecule has 1 rings (SSSR count). The first-order valence-electron chi connectivity index (χ1n) is 5.64. The molecule has 0 aromatic heterocycles. The molecule has 0 saturated heterocycles. The summed E-state index contributed by atoms with van der Waals surface area (Å²) in [6, 6.07) is 0.915. The van der Waals surface area contributed by atoms with Crippen LogP contribution in [0.5, 0.6) is 0 Å². The van der Waals surface area contributed by atoms with Gasteiger partial charge < -0.3 is 10.4 Å². The zero-order chi connectivity index (χ0) is 9.68. The summed E-state index contributed by atoms with van der Waals surface area (Å²) in [7, 11) is 0. The lowest BCUT2D eigenvalue weighted by molar-refractivity contribution is 0.194. The summed E-state index contributed by atoms with van der Waals surface area (Å²) in [4.78, 5) is 0. The Labute approximate surface area is 81.7 Å². The second-order valence-electron chi connectivity index (χ2n) is 4.31. The number of hydrogen-bond donors (Lipinski definition) is 2. The number of rotatable bonds is 4. The molecule has 0 spiro atoms. The van der Waals surface area contributed by atoms with E-state index in [4.69, 9.17) is 5.11 Å². The van der Waals surface area contributed by atoms with Crippen LogP contribution in [0.3, 0.4) is 0 Å². The van der Waals surface area contributed by atoms with Crippen LogP contribution in [0, 0.1) is 5.92 Å². The Kier molecular flexibility index (Phi) is 4.74. The first-order valence-corrected chi connectivity index (χ1v) is 5.64. The van der Waals surface area contributed by atoms with E-state index in [0.29, 0.717) is 6.04 Å². The molecule has 2 heteroatoms. The van der Waals surface area contributed by atoms with E-state index in [1.165, 1.54) is 32.1 Å². The van der Waals surface area contributed by atoms with E-state index < -0.39 is 0 Å². The van der Waals surface area contributed by atoms with Crippen LogP contribution in [0.15, 0.2) is 0 Å². The van der Waals surface area contributed by atoms with Crippen molar-refractivity contribution in [3.63, 3.8) is 0 Å². The number of nitrogens with one attached hydrogen (secondary N) is 1. The SMILES string of the molecule is CC[C@@H]1CCCC[C@@H]1N[C@H](C)CO. The second kappa shape index (κ2) is 5.61. The topological polar surface area (TPSA) is 32.3 Å². The summed E-state index contributed by atoms with van der Waals surface area (Å²) in [5.74, 6) is 0.836. The normalized spacial score (nSPS) is 31.6. The summed E-state index contributed by atoms with van der Waals surface area (Å²) in [6.07, 6.45) is 6.68. The van der Waals surface area contributed by atoms with Crippen molar-refractivity contribution in [2.45, 2.75) is 58.0 Å². The van der Waals surface area contributed by atoms with E-state index in [2.05, 4.69) is 19.2 Å². The van der Waals surface area contributed by atoms with Crippen molar-refractivity contribution in [1.82, 2.24) is 5.32 Å². The van der Waals surface area contributed by atoms with Crippen LogP contribution in [0.4, 0.5) is 0 Å². The molecule has 2 nitrogen and oxygen atoms in total. The summed E-state index contributed by atoms with van der Waals surface area (Å²) >= 11 is 0. The van der Waals surface area contributed by atoms with Gasteiger partial charge in [-0.1, -0.05) is 26.2 Å². The minimum Gasteiger partial charge on any atom is -0.395 e. The van der Waals surface area contributed by atoms with Gasteiger partial charge in [-0.3, -0.25) is 0 Å². The van der Waals surface area contributed by atoms with E-state index in [1.807, 2.05) is 0 Å². The predicted molar refractivity (Wildman–Crippen MR) is 55.7 cm³/mol. The summed E-state index contributed by atoms with van der Waals surface area (Å²) in [6.45, 7) is 4.59. The number of aliphatic hydroxyl groups is 1. The smallest absolute Gasteiger partial charge is 0.0582 e. The van der Waals surface area contributed by atoms with Crippen LogP contribution in [-0.4, -0.2) is 23.8 Å². The molecule has 3 atom stereocenters. The number of aliphatic hydroxyl groups excluding tert-OH is 1. The van der Waals surface area contributed by atoms with Crippen LogP contribution in [-0.2, 0) is 0 Å². The van der Waals surface area contributed by atoms with Gasteiger partial charge in [-0.25, -0.2) is 0 Å². The van der Waals surface area contributed by atoms with Crippen molar-refractivity contribution in [2.75, 3.05) is 6.61 Å². The van der Waals surface area contributed by atoms with Crippen molar-refractivity contribution >= 4 is 0 Å². The van der Waals surface area contributed by atoms with E-state index >= 15 is 0 Å². The lowest BCUT2D eigenvalue weighted by Gasteiger charge is -2.33. The zero-order valence-electron chi connectivity index (χ0n) is 8.92. The molecule has 0 bridgehead atoms. The highest BCUT2D eigenvalue weighted by atomic mass is 16.3. The molecule has 1 aliphatic carbocycles. The van der Waals surface area contributed by atoms with Crippen molar-refractivity contribution in [2.24, 2.45) is 5.92 Å².